The second kappa shape index (κ2) is 5.10. The molecular weight excluding hydrogens is 236 g/mol. The minimum absolute atomic E-state index is 0.345. The maximum atomic E-state index is 6.00. The van der Waals surface area contributed by atoms with Crippen LogP contribution in [0, 0.1) is 0 Å². The van der Waals surface area contributed by atoms with Crippen LogP contribution in [0.2, 0.25) is 0 Å². The van der Waals surface area contributed by atoms with Crippen molar-refractivity contribution in [3.05, 3.63) is 36.4 Å². The summed E-state index contributed by atoms with van der Waals surface area (Å²) in [5.74, 6) is 0.953. The van der Waals surface area contributed by atoms with Crippen molar-refractivity contribution in [2.75, 3.05) is 25.1 Å². The van der Waals surface area contributed by atoms with Crippen LogP contribution >= 0.6 is 0 Å². The van der Waals surface area contributed by atoms with Crippen molar-refractivity contribution in [1.29, 1.82) is 0 Å². The maximum absolute atomic E-state index is 6.00. The summed E-state index contributed by atoms with van der Waals surface area (Å²) in [6.45, 7) is 2.01. The van der Waals surface area contributed by atoms with Gasteiger partial charge in [-0.05, 0) is 24.3 Å². The zero-order chi connectivity index (χ0) is 13.2. The van der Waals surface area contributed by atoms with Crippen LogP contribution < -0.4 is 15.4 Å². The molecule has 2 N–H and O–H groups in total. The molecule has 0 atom stereocenters. The van der Waals surface area contributed by atoms with E-state index in [1.807, 2.05) is 0 Å². The number of methoxy groups -OCH3 is 1. The highest BCUT2D eigenvalue weighted by atomic mass is 16.5. The summed E-state index contributed by atoms with van der Waals surface area (Å²) < 4.78 is 5.56. The Morgan fingerprint density at radius 1 is 1.11 bits per heavy atom. The van der Waals surface area contributed by atoms with Gasteiger partial charge in [-0.15, -0.1) is 0 Å². The van der Waals surface area contributed by atoms with Gasteiger partial charge in [0.2, 0.25) is 0 Å². The zero-order valence-electron chi connectivity index (χ0n) is 11.3. The molecule has 2 aromatic rings. The van der Waals surface area contributed by atoms with Gasteiger partial charge < -0.3 is 15.4 Å². The van der Waals surface area contributed by atoms with E-state index in [0.717, 1.165) is 31.7 Å². The molecule has 100 valence electrons. The Morgan fingerprint density at radius 2 is 1.84 bits per heavy atom. The average Bonchev–Trinajstić information content (AvgIpc) is 2.47. The SMILES string of the molecule is COc1ccc2ccccc2c1N1CCC(N)CC1. The Labute approximate surface area is 114 Å². The smallest absolute Gasteiger partial charge is 0.142 e. The van der Waals surface area contributed by atoms with E-state index in [9.17, 15) is 0 Å². The van der Waals surface area contributed by atoms with Crippen molar-refractivity contribution in [1.82, 2.24) is 0 Å². The molecule has 0 aliphatic carbocycles. The number of benzene rings is 2. The molecular formula is C16H20N2O. The largest absolute Gasteiger partial charge is 0.495 e. The first-order valence-corrected chi connectivity index (χ1v) is 6.86. The molecule has 2 aromatic carbocycles. The van der Waals surface area contributed by atoms with E-state index in [-0.39, 0.29) is 0 Å². The second-order valence-electron chi connectivity index (χ2n) is 5.16. The predicted molar refractivity (Wildman–Crippen MR) is 79.9 cm³/mol. The number of nitrogens with two attached hydrogens (primary N) is 1. The van der Waals surface area contributed by atoms with Crippen LogP contribution in [0.4, 0.5) is 5.69 Å². The fourth-order valence-electron chi connectivity index (χ4n) is 2.85. The van der Waals surface area contributed by atoms with Crippen LogP contribution in [0.25, 0.3) is 10.8 Å². The lowest BCUT2D eigenvalue weighted by atomic mass is 10.0. The highest BCUT2D eigenvalue weighted by molar-refractivity contribution is 5.97. The minimum atomic E-state index is 0.345. The number of piperidine rings is 1. The van der Waals surface area contributed by atoms with Crippen molar-refractivity contribution in [3.63, 3.8) is 0 Å². The van der Waals surface area contributed by atoms with E-state index in [0.29, 0.717) is 6.04 Å². The van der Waals surface area contributed by atoms with Gasteiger partial charge in [-0.25, -0.2) is 0 Å². The number of anilines is 1. The molecule has 0 amide bonds. The number of hydrogen-bond donors (Lipinski definition) is 1. The number of rotatable bonds is 2. The van der Waals surface area contributed by atoms with Gasteiger partial charge in [-0.1, -0.05) is 30.3 Å². The average molecular weight is 256 g/mol. The molecule has 3 rings (SSSR count). The van der Waals surface area contributed by atoms with Gasteiger partial charge in [0.25, 0.3) is 0 Å². The first-order valence-electron chi connectivity index (χ1n) is 6.86. The van der Waals surface area contributed by atoms with Gasteiger partial charge in [-0.2, -0.15) is 0 Å². The zero-order valence-corrected chi connectivity index (χ0v) is 11.3. The van der Waals surface area contributed by atoms with Gasteiger partial charge in [0, 0.05) is 24.5 Å². The summed E-state index contributed by atoms with van der Waals surface area (Å²) in [7, 11) is 1.74. The molecule has 19 heavy (non-hydrogen) atoms. The lowest BCUT2D eigenvalue weighted by Gasteiger charge is -2.33. The lowest BCUT2D eigenvalue weighted by molar-refractivity contribution is 0.411. The topological polar surface area (TPSA) is 38.5 Å². The van der Waals surface area contributed by atoms with Gasteiger partial charge in [0.1, 0.15) is 5.75 Å². The summed E-state index contributed by atoms with van der Waals surface area (Å²) in [6, 6.07) is 13.0. The number of fused-ring (bicyclic) bond motifs is 1. The van der Waals surface area contributed by atoms with E-state index in [4.69, 9.17) is 10.5 Å². The Kier molecular flexibility index (Phi) is 3.30. The molecule has 0 bridgehead atoms. The van der Waals surface area contributed by atoms with E-state index in [1.54, 1.807) is 7.11 Å². The number of nitrogens with zero attached hydrogens (tertiary/aromatic N) is 1. The van der Waals surface area contributed by atoms with Crippen molar-refractivity contribution in [2.45, 2.75) is 18.9 Å². The molecule has 3 heteroatoms. The minimum Gasteiger partial charge on any atom is -0.495 e. The van der Waals surface area contributed by atoms with Crippen LogP contribution in [0.1, 0.15) is 12.8 Å². The quantitative estimate of drug-likeness (QED) is 0.898. The Morgan fingerprint density at radius 3 is 2.58 bits per heavy atom. The van der Waals surface area contributed by atoms with Gasteiger partial charge in [0.15, 0.2) is 0 Å². The van der Waals surface area contributed by atoms with Crippen LogP contribution in [0.15, 0.2) is 36.4 Å². The van der Waals surface area contributed by atoms with E-state index >= 15 is 0 Å². The van der Waals surface area contributed by atoms with Crippen molar-refractivity contribution >= 4 is 16.5 Å². The second-order valence-corrected chi connectivity index (χ2v) is 5.16. The molecule has 0 spiro atoms. The lowest BCUT2D eigenvalue weighted by Crippen LogP contribution is -2.39. The summed E-state index contributed by atoms with van der Waals surface area (Å²) in [5.41, 5.74) is 7.22. The molecule has 1 aliphatic heterocycles. The third kappa shape index (κ3) is 2.26. The Balaban J connectivity index is 2.09. The molecule has 1 fully saturated rings. The monoisotopic (exact) mass is 256 g/mol. The van der Waals surface area contributed by atoms with Crippen LogP contribution in [0.3, 0.4) is 0 Å². The van der Waals surface area contributed by atoms with Crippen molar-refractivity contribution in [3.8, 4) is 5.75 Å². The summed E-state index contributed by atoms with van der Waals surface area (Å²) in [6.07, 6.45) is 2.10. The standard InChI is InChI=1S/C16H20N2O/c1-19-15-7-6-12-4-2-3-5-14(12)16(15)18-10-8-13(17)9-11-18/h2-7,13H,8-11,17H2,1H3. The van der Waals surface area contributed by atoms with Crippen molar-refractivity contribution < 1.29 is 4.74 Å². The third-order valence-corrected chi connectivity index (χ3v) is 3.94. The molecule has 0 aromatic heterocycles. The van der Waals surface area contributed by atoms with Gasteiger partial charge in [0.05, 0.1) is 12.8 Å². The van der Waals surface area contributed by atoms with Crippen LogP contribution in [-0.4, -0.2) is 26.2 Å². The van der Waals surface area contributed by atoms with Crippen LogP contribution in [0.5, 0.6) is 5.75 Å². The Bertz CT molecular complexity index is 574. The predicted octanol–water partition coefficient (Wildman–Crippen LogP) is 2.78. The molecule has 3 nitrogen and oxygen atoms in total. The molecule has 0 unspecified atom stereocenters. The van der Waals surface area contributed by atoms with E-state index in [1.165, 1.54) is 16.5 Å². The highest BCUT2D eigenvalue weighted by Gasteiger charge is 2.20. The first-order chi connectivity index (χ1) is 9.29. The number of ether oxygens (including phenoxy) is 1. The molecule has 1 aliphatic rings. The molecule has 1 heterocycles. The highest BCUT2D eigenvalue weighted by Crippen LogP contribution is 2.37. The fraction of sp³-hybridized carbons (Fsp3) is 0.375. The normalized spacial score (nSPS) is 16.8. The van der Waals surface area contributed by atoms with Crippen LogP contribution in [-0.2, 0) is 0 Å². The molecule has 1 saturated heterocycles. The number of hydrogen-bond acceptors (Lipinski definition) is 3. The molecule has 0 saturated carbocycles. The summed E-state index contributed by atoms with van der Waals surface area (Å²) in [5, 5.41) is 2.52. The summed E-state index contributed by atoms with van der Waals surface area (Å²) >= 11 is 0. The fourth-order valence-corrected chi connectivity index (χ4v) is 2.85. The maximum Gasteiger partial charge on any atom is 0.142 e. The van der Waals surface area contributed by atoms with E-state index < -0.39 is 0 Å². The molecule has 0 radical (unpaired) electrons. The van der Waals surface area contributed by atoms with Gasteiger partial charge >= 0.3 is 0 Å². The van der Waals surface area contributed by atoms with Gasteiger partial charge in [-0.3, -0.25) is 0 Å². The third-order valence-electron chi connectivity index (χ3n) is 3.94. The Hall–Kier alpha value is -1.74. The first kappa shape index (κ1) is 12.3. The summed E-state index contributed by atoms with van der Waals surface area (Å²) in [4.78, 5) is 2.41. The van der Waals surface area contributed by atoms with Crippen molar-refractivity contribution in [2.24, 2.45) is 5.73 Å². The van der Waals surface area contributed by atoms with E-state index in [2.05, 4.69) is 41.3 Å².